The molecule has 0 radical (unpaired) electrons. The molecule has 3 aromatic heterocycles. The maximum atomic E-state index is 10.2. The lowest BCUT2D eigenvalue weighted by Gasteiger charge is -2.28. The molecular weight excluding hydrogens is 564 g/mol. The van der Waals surface area contributed by atoms with Crippen LogP contribution in [0.4, 0.5) is 11.5 Å². The highest BCUT2D eigenvalue weighted by Crippen LogP contribution is 2.40. The first kappa shape index (κ1) is 28.9. The van der Waals surface area contributed by atoms with Gasteiger partial charge >= 0.3 is 0 Å². The Morgan fingerprint density at radius 1 is 0.977 bits per heavy atom. The highest BCUT2D eigenvalue weighted by atomic mass is 35.5. The van der Waals surface area contributed by atoms with Gasteiger partial charge in [0.2, 0.25) is 5.88 Å². The van der Waals surface area contributed by atoms with Crippen molar-refractivity contribution in [2.75, 3.05) is 25.6 Å². The molecule has 9 nitrogen and oxygen atoms in total. The standard InChI is InChI=1S/C33H33ClN6O3/c1-19-22(7-5-10-25(19)39-32-31-28(11-6-15-35-31)37-20(2)38-32)23-8-4-9-24(30(23)34)26-13-12-21(33(40-26)42-3)17-36-27-14-16-43-18-29(27)41/h4-13,15,27,29,36,41H,14,16-18H2,1-3H3,(H,37,38,39)/t27-,29+/m0/s1. The molecular formula is C33H33ClN6O3. The lowest BCUT2D eigenvalue weighted by molar-refractivity contribution is -0.0281. The van der Waals surface area contributed by atoms with Crippen LogP contribution in [0.5, 0.6) is 5.88 Å². The number of aliphatic hydroxyl groups excluding tert-OH is 1. The van der Waals surface area contributed by atoms with Gasteiger partial charge in [-0.3, -0.25) is 4.98 Å². The molecule has 5 aromatic rings. The van der Waals surface area contributed by atoms with E-state index in [9.17, 15) is 5.11 Å². The number of aryl methyl sites for hydroxylation is 1. The average molecular weight is 597 g/mol. The number of aliphatic hydroxyl groups is 1. The van der Waals surface area contributed by atoms with Crippen LogP contribution in [-0.4, -0.2) is 57.5 Å². The van der Waals surface area contributed by atoms with Crippen LogP contribution in [0.15, 0.2) is 66.9 Å². The molecule has 0 saturated carbocycles. The molecule has 2 atom stereocenters. The summed E-state index contributed by atoms with van der Waals surface area (Å²) in [6.45, 7) is 5.41. The fraction of sp³-hybridized carbons (Fsp3) is 0.273. The van der Waals surface area contributed by atoms with Crippen LogP contribution in [0.25, 0.3) is 33.4 Å². The number of aromatic nitrogens is 4. The van der Waals surface area contributed by atoms with Crippen molar-refractivity contribution in [3.63, 3.8) is 0 Å². The van der Waals surface area contributed by atoms with Crippen molar-refractivity contribution in [3.8, 4) is 28.3 Å². The minimum absolute atomic E-state index is 0.0360. The van der Waals surface area contributed by atoms with Crippen molar-refractivity contribution >= 4 is 34.1 Å². The zero-order chi connectivity index (χ0) is 29.9. The Balaban J connectivity index is 1.29. The van der Waals surface area contributed by atoms with Crippen molar-refractivity contribution in [1.82, 2.24) is 25.3 Å². The number of halogens is 1. The van der Waals surface area contributed by atoms with Gasteiger partial charge in [0, 0.05) is 47.8 Å². The summed E-state index contributed by atoms with van der Waals surface area (Å²) in [5.74, 6) is 1.83. The molecule has 0 bridgehead atoms. The highest BCUT2D eigenvalue weighted by Gasteiger charge is 2.24. The molecule has 0 amide bonds. The van der Waals surface area contributed by atoms with Gasteiger partial charge in [0.1, 0.15) is 11.3 Å². The van der Waals surface area contributed by atoms with Gasteiger partial charge in [0.15, 0.2) is 5.82 Å². The molecule has 10 heteroatoms. The smallest absolute Gasteiger partial charge is 0.218 e. The lowest BCUT2D eigenvalue weighted by Crippen LogP contribution is -2.46. The van der Waals surface area contributed by atoms with Crippen molar-refractivity contribution < 1.29 is 14.6 Å². The molecule has 1 fully saturated rings. The predicted octanol–water partition coefficient (Wildman–Crippen LogP) is 6.02. The third-order valence-corrected chi connectivity index (χ3v) is 8.14. The maximum Gasteiger partial charge on any atom is 0.218 e. The minimum Gasteiger partial charge on any atom is -0.481 e. The lowest BCUT2D eigenvalue weighted by atomic mass is 9.96. The van der Waals surface area contributed by atoms with E-state index < -0.39 is 6.10 Å². The summed E-state index contributed by atoms with van der Waals surface area (Å²) >= 11 is 7.09. The van der Waals surface area contributed by atoms with Crippen LogP contribution in [0, 0.1) is 13.8 Å². The van der Waals surface area contributed by atoms with E-state index >= 15 is 0 Å². The molecule has 6 rings (SSSR count). The maximum absolute atomic E-state index is 10.2. The van der Waals surface area contributed by atoms with Crippen LogP contribution in [0.2, 0.25) is 5.02 Å². The van der Waals surface area contributed by atoms with E-state index in [1.165, 1.54) is 0 Å². The van der Waals surface area contributed by atoms with Crippen LogP contribution >= 0.6 is 11.6 Å². The Morgan fingerprint density at radius 3 is 2.63 bits per heavy atom. The Labute approximate surface area is 255 Å². The van der Waals surface area contributed by atoms with Gasteiger partial charge in [0.05, 0.1) is 36.1 Å². The monoisotopic (exact) mass is 596 g/mol. The molecule has 2 aromatic carbocycles. The largest absolute Gasteiger partial charge is 0.481 e. The molecule has 0 spiro atoms. The number of hydrogen-bond donors (Lipinski definition) is 3. The number of hydrogen-bond acceptors (Lipinski definition) is 9. The van der Waals surface area contributed by atoms with Crippen molar-refractivity contribution in [3.05, 3.63) is 88.8 Å². The van der Waals surface area contributed by atoms with Crippen LogP contribution in [-0.2, 0) is 11.3 Å². The zero-order valence-electron chi connectivity index (χ0n) is 24.3. The summed E-state index contributed by atoms with van der Waals surface area (Å²) in [6.07, 6.45) is 1.95. The Bertz CT molecular complexity index is 1780. The number of methoxy groups -OCH3 is 1. The number of benzene rings is 2. The van der Waals surface area contributed by atoms with Crippen LogP contribution < -0.4 is 15.4 Å². The van der Waals surface area contributed by atoms with Gasteiger partial charge in [-0.05, 0) is 55.7 Å². The first-order chi connectivity index (χ1) is 20.9. The van der Waals surface area contributed by atoms with Gasteiger partial charge in [-0.25, -0.2) is 15.0 Å². The quantitative estimate of drug-likeness (QED) is 0.198. The molecule has 0 unspecified atom stereocenters. The Hall–Kier alpha value is -4.15. The first-order valence-corrected chi connectivity index (χ1v) is 14.6. The van der Waals surface area contributed by atoms with E-state index in [4.69, 9.17) is 26.1 Å². The molecule has 220 valence electrons. The van der Waals surface area contributed by atoms with E-state index in [2.05, 4.69) is 38.6 Å². The van der Waals surface area contributed by atoms with E-state index in [0.717, 1.165) is 45.4 Å². The summed E-state index contributed by atoms with van der Waals surface area (Å²) < 4.78 is 11.0. The van der Waals surface area contributed by atoms with Gasteiger partial charge in [-0.2, -0.15) is 0 Å². The SMILES string of the molecule is COc1nc(-c2cccc(-c3cccc(Nc4nc(C)nc5cccnc45)c3C)c2Cl)ccc1CN[C@H]1CCOC[C@H]1O. The second-order valence-electron chi connectivity index (χ2n) is 10.5. The second-order valence-corrected chi connectivity index (χ2v) is 10.9. The van der Waals surface area contributed by atoms with Gasteiger partial charge in [-0.15, -0.1) is 0 Å². The van der Waals surface area contributed by atoms with Gasteiger partial charge < -0.3 is 25.2 Å². The van der Waals surface area contributed by atoms with Gasteiger partial charge in [0.25, 0.3) is 0 Å². The van der Waals surface area contributed by atoms with E-state index in [-0.39, 0.29) is 6.04 Å². The number of fused-ring (bicyclic) bond motifs is 1. The average Bonchev–Trinajstić information content (AvgIpc) is 3.02. The number of nitrogens with one attached hydrogen (secondary N) is 2. The summed E-state index contributed by atoms with van der Waals surface area (Å²) in [6, 6.07) is 19.7. The summed E-state index contributed by atoms with van der Waals surface area (Å²) in [5, 5.41) is 17.7. The number of nitrogens with zero attached hydrogens (tertiary/aromatic N) is 4. The Kier molecular flexibility index (Phi) is 8.49. The molecule has 4 heterocycles. The van der Waals surface area contributed by atoms with Crippen LogP contribution in [0.1, 0.15) is 23.4 Å². The Morgan fingerprint density at radius 2 is 1.79 bits per heavy atom. The normalized spacial score (nSPS) is 16.8. The molecule has 3 N–H and O–H groups in total. The molecule has 1 saturated heterocycles. The fourth-order valence-corrected chi connectivity index (χ4v) is 5.76. The minimum atomic E-state index is -0.535. The number of pyridine rings is 2. The van der Waals surface area contributed by atoms with Crippen LogP contribution in [0.3, 0.4) is 0 Å². The zero-order valence-corrected chi connectivity index (χ0v) is 25.0. The first-order valence-electron chi connectivity index (χ1n) is 14.2. The van der Waals surface area contributed by atoms with E-state index in [0.29, 0.717) is 53.5 Å². The van der Waals surface area contributed by atoms with E-state index in [1.807, 2.05) is 61.5 Å². The summed E-state index contributed by atoms with van der Waals surface area (Å²) in [5.41, 5.74) is 7.70. The number of rotatable bonds is 8. The molecule has 1 aliphatic heterocycles. The second kappa shape index (κ2) is 12.6. The van der Waals surface area contributed by atoms with Crippen molar-refractivity contribution in [2.24, 2.45) is 0 Å². The molecule has 43 heavy (non-hydrogen) atoms. The third kappa shape index (κ3) is 6.03. The van der Waals surface area contributed by atoms with Gasteiger partial charge in [-0.1, -0.05) is 48.0 Å². The highest BCUT2D eigenvalue weighted by molar-refractivity contribution is 6.36. The van der Waals surface area contributed by atoms with E-state index in [1.54, 1.807) is 13.3 Å². The predicted molar refractivity (Wildman–Crippen MR) is 169 cm³/mol. The summed E-state index contributed by atoms with van der Waals surface area (Å²) in [4.78, 5) is 18.4. The van der Waals surface area contributed by atoms with Crippen molar-refractivity contribution in [1.29, 1.82) is 0 Å². The fourth-order valence-electron chi connectivity index (χ4n) is 5.43. The molecule has 0 aliphatic carbocycles. The number of anilines is 2. The van der Waals surface area contributed by atoms with Crippen molar-refractivity contribution in [2.45, 2.75) is 39.0 Å². The third-order valence-electron chi connectivity index (χ3n) is 7.73. The summed E-state index contributed by atoms with van der Waals surface area (Å²) in [7, 11) is 1.61. The topological polar surface area (TPSA) is 114 Å². The molecule has 1 aliphatic rings. The number of ether oxygens (including phenoxy) is 2.